The SMILES string of the molecule is C.CC[C@@H]1O[C@H](n2cc(C)c(=O)n(C)c2=O)CC1C.CC[C@@H]1O[C@H](n2cc(I)c(=O)[nH]c2=O)CC1C.CC[C@@H]1O[C@H](n2cc(I)c(=O)n(C)c2=O)CC1C.CC[C@@H]1O[C@H](n2ccc(=O)[nH]c2=O)CC1C.Cc1cn([C@@H]2CC(C)[C@H](CO)O2)c(=O)[nH]c1=O. The molecular formula is C59H88I2N10O16. The molecule has 5 aliphatic heterocycles. The number of rotatable bonds is 10. The summed E-state index contributed by atoms with van der Waals surface area (Å²) in [7, 11) is 3.00. The summed E-state index contributed by atoms with van der Waals surface area (Å²) >= 11 is 3.86. The summed E-state index contributed by atoms with van der Waals surface area (Å²) in [5, 5.41) is 9.10. The Kier molecular flexibility index (Phi) is 26.5. The monoisotopic (exact) mass is 1450 g/mol. The van der Waals surface area contributed by atoms with Gasteiger partial charge < -0.3 is 28.8 Å². The molecule has 0 radical (unpaired) electrons. The number of nitrogens with zero attached hydrogens (tertiary/aromatic N) is 7. The van der Waals surface area contributed by atoms with Gasteiger partial charge in [-0.15, -0.1) is 0 Å². The number of hydrogen-bond acceptors (Lipinski definition) is 16. The average molecular weight is 1450 g/mol. The third kappa shape index (κ3) is 17.3. The van der Waals surface area contributed by atoms with Gasteiger partial charge in [0, 0.05) is 62.3 Å². The van der Waals surface area contributed by atoms with Crippen LogP contribution in [0.1, 0.15) is 170 Å². The van der Waals surface area contributed by atoms with E-state index in [-0.39, 0.29) is 115 Å². The largest absolute Gasteiger partial charge is 0.394 e. The summed E-state index contributed by atoms with van der Waals surface area (Å²) in [6.07, 6.45) is 14.5. The molecule has 0 amide bonds. The summed E-state index contributed by atoms with van der Waals surface area (Å²) in [6, 6.07) is 1.34. The zero-order chi connectivity index (χ0) is 63.8. The van der Waals surface area contributed by atoms with Crippen LogP contribution in [0.5, 0.6) is 0 Å². The molecule has 4 N–H and O–H groups in total. The fourth-order valence-electron chi connectivity index (χ4n) is 11.5. The predicted molar refractivity (Wildman–Crippen MR) is 344 cm³/mol. The molecule has 10 heterocycles. The number of aryl methyl sites for hydroxylation is 2. The van der Waals surface area contributed by atoms with E-state index in [1.54, 1.807) is 37.0 Å². The molecule has 26 nitrogen and oxygen atoms in total. The van der Waals surface area contributed by atoms with Gasteiger partial charge in [0.15, 0.2) is 0 Å². The first-order chi connectivity index (χ1) is 40.6. The Morgan fingerprint density at radius 2 is 0.793 bits per heavy atom. The number of hydrogen-bond donors (Lipinski definition) is 4. The third-order valence-corrected chi connectivity index (χ3v) is 18.2. The van der Waals surface area contributed by atoms with Gasteiger partial charge >= 0.3 is 28.4 Å². The molecule has 5 fully saturated rings. The standard InChI is InChI=1S/C13H20N2O3.C12H17IN2O3.C11H15IN2O3.C11H16N2O4.C11H16N2O3.CH4/c1-5-10-8(2)6-11(18-10)15-7-9(3)12(16)14(4)13(15)17;1-4-9-7(2)5-10(18-9)15-6-8(13)11(16)14(3)12(15)17;1-3-8-6(2)4-9(17-8)14-5-7(12)10(15)13-11(14)16;1-6-3-9(17-8(6)5-14)13-4-7(2)10(15)12-11(13)16;1-3-8-7(2)6-10(16-8)13-5-4-9(14)12-11(13)15;/h7-8,10-11H,5-6H2,1-4H3;6-7,9-10H,4-5H2,1-3H3;5-6,8-9H,3-4H2,1-2H3,(H,13,15,16);4,6,8-9,14H,3,5H2,1-2H3,(H,12,15,16);4-5,7-8,10H,3,6H2,1-2H3,(H,12,14,15);1H4/t8?,10-,11-;7?,9-,10-;2*6?,8-,9-;7?,8-,10-;/m00000./s1. The Hall–Kier alpha value is -5.38. The van der Waals surface area contributed by atoms with Crippen molar-refractivity contribution >= 4 is 45.2 Å². The number of aromatic amines is 3. The van der Waals surface area contributed by atoms with Crippen LogP contribution in [0, 0.1) is 50.6 Å². The Labute approximate surface area is 530 Å². The highest BCUT2D eigenvalue weighted by Crippen LogP contribution is 2.37. The van der Waals surface area contributed by atoms with Crippen LogP contribution in [0.15, 0.2) is 85.0 Å². The van der Waals surface area contributed by atoms with Crippen LogP contribution in [0.3, 0.4) is 0 Å². The number of ether oxygens (including phenoxy) is 5. The van der Waals surface area contributed by atoms with Crippen LogP contribution in [0.4, 0.5) is 0 Å². The first kappa shape index (κ1) is 72.4. The number of aliphatic hydroxyl groups is 1. The van der Waals surface area contributed by atoms with Crippen LogP contribution in [-0.4, -0.2) is 89.2 Å². The van der Waals surface area contributed by atoms with Gasteiger partial charge in [-0.25, -0.2) is 24.0 Å². The number of H-pyrrole nitrogens is 3. The van der Waals surface area contributed by atoms with Crippen molar-refractivity contribution in [2.45, 2.75) is 203 Å². The van der Waals surface area contributed by atoms with E-state index in [0.29, 0.717) is 48.4 Å². The minimum Gasteiger partial charge on any atom is -0.394 e. The van der Waals surface area contributed by atoms with Gasteiger partial charge in [-0.2, -0.15) is 0 Å². The van der Waals surface area contributed by atoms with E-state index in [4.69, 9.17) is 28.8 Å². The lowest BCUT2D eigenvalue weighted by molar-refractivity contribution is -0.0313. The van der Waals surface area contributed by atoms with E-state index in [0.717, 1.165) is 60.5 Å². The molecule has 5 aliphatic rings. The maximum absolute atomic E-state index is 12.1. The second kappa shape index (κ2) is 31.9. The quantitative estimate of drug-likeness (QED) is 0.127. The summed E-state index contributed by atoms with van der Waals surface area (Å²) < 4.78 is 39.6. The van der Waals surface area contributed by atoms with Crippen molar-refractivity contribution in [2.75, 3.05) is 6.61 Å². The third-order valence-electron chi connectivity index (χ3n) is 16.7. The zero-order valence-corrected chi connectivity index (χ0v) is 55.5. The highest BCUT2D eigenvalue weighted by molar-refractivity contribution is 14.1. The molecule has 5 aromatic rings. The Morgan fingerprint density at radius 3 is 1.20 bits per heavy atom. The first-order valence-corrected chi connectivity index (χ1v) is 31.5. The van der Waals surface area contributed by atoms with Gasteiger partial charge in [0.1, 0.15) is 31.1 Å². The van der Waals surface area contributed by atoms with Crippen LogP contribution in [0.2, 0.25) is 0 Å². The molecule has 0 aliphatic carbocycles. The van der Waals surface area contributed by atoms with Crippen molar-refractivity contribution in [1.82, 2.24) is 46.9 Å². The van der Waals surface area contributed by atoms with Gasteiger partial charge in [0.2, 0.25) is 0 Å². The lowest BCUT2D eigenvalue weighted by atomic mass is 10.0. The van der Waals surface area contributed by atoms with E-state index < -0.39 is 23.3 Å². The molecule has 0 saturated carbocycles. The molecule has 5 unspecified atom stereocenters. The van der Waals surface area contributed by atoms with E-state index >= 15 is 0 Å². The fourth-order valence-corrected chi connectivity index (χ4v) is 12.6. The molecule has 5 saturated heterocycles. The number of aromatic nitrogens is 10. The molecule has 5 aromatic heterocycles. The highest BCUT2D eigenvalue weighted by atomic mass is 127. The van der Waals surface area contributed by atoms with Crippen molar-refractivity contribution in [3.63, 3.8) is 0 Å². The fraction of sp³-hybridized carbons (Fsp3) is 0.661. The highest BCUT2D eigenvalue weighted by Gasteiger charge is 2.37. The summed E-state index contributed by atoms with van der Waals surface area (Å²) in [4.78, 5) is 123. The van der Waals surface area contributed by atoms with Gasteiger partial charge in [-0.1, -0.05) is 69.7 Å². The van der Waals surface area contributed by atoms with Crippen molar-refractivity contribution in [2.24, 2.45) is 43.7 Å². The number of aliphatic hydroxyl groups excluding tert-OH is 1. The van der Waals surface area contributed by atoms with E-state index in [1.807, 2.05) is 52.1 Å². The minimum atomic E-state index is -0.476. The van der Waals surface area contributed by atoms with Gasteiger partial charge in [0.25, 0.3) is 27.8 Å². The van der Waals surface area contributed by atoms with Crippen molar-refractivity contribution < 1.29 is 28.8 Å². The van der Waals surface area contributed by atoms with Crippen molar-refractivity contribution in [3.8, 4) is 0 Å². The minimum absolute atomic E-state index is 0. The number of nitrogens with one attached hydrogen (secondary N) is 3. The van der Waals surface area contributed by atoms with E-state index in [1.165, 1.54) is 50.8 Å². The molecule has 28 heteroatoms. The maximum Gasteiger partial charge on any atom is 0.332 e. The molecule has 0 aromatic carbocycles. The van der Waals surface area contributed by atoms with Crippen LogP contribution >= 0.6 is 45.2 Å². The lowest BCUT2D eigenvalue weighted by Gasteiger charge is -2.16. The lowest BCUT2D eigenvalue weighted by Crippen LogP contribution is -2.40. The molecule has 484 valence electrons. The summed E-state index contributed by atoms with van der Waals surface area (Å²) in [6.45, 7) is 22.1. The Balaban J connectivity index is 0.000000198. The number of halogens is 2. The molecular weight excluding hydrogens is 1360 g/mol. The van der Waals surface area contributed by atoms with Gasteiger partial charge in [-0.05, 0) is 146 Å². The van der Waals surface area contributed by atoms with Crippen LogP contribution in [0.25, 0.3) is 0 Å². The van der Waals surface area contributed by atoms with Crippen LogP contribution in [-0.2, 0) is 37.8 Å². The first-order valence-electron chi connectivity index (χ1n) is 29.4. The zero-order valence-electron chi connectivity index (χ0n) is 51.2. The van der Waals surface area contributed by atoms with Crippen molar-refractivity contribution in [1.29, 1.82) is 0 Å². The maximum atomic E-state index is 12.1. The summed E-state index contributed by atoms with van der Waals surface area (Å²) in [5.41, 5.74) is -2.46. The average Bonchev–Trinajstić information content (AvgIpc) is 2.02. The van der Waals surface area contributed by atoms with E-state index in [2.05, 4.69) is 70.3 Å². The topological polar surface area (TPSA) is 319 Å². The Morgan fingerprint density at radius 1 is 0.460 bits per heavy atom. The van der Waals surface area contributed by atoms with E-state index in [9.17, 15) is 47.9 Å². The molecule has 0 bridgehead atoms. The van der Waals surface area contributed by atoms with Gasteiger partial charge in [-0.3, -0.25) is 70.9 Å². The predicted octanol–water partition coefficient (Wildman–Crippen LogP) is 5.42. The normalized spacial score (nSPS) is 28.0. The second-order valence-electron chi connectivity index (χ2n) is 23.1. The second-order valence-corrected chi connectivity index (χ2v) is 25.4. The molecule has 0 spiro atoms. The smallest absolute Gasteiger partial charge is 0.332 e. The molecule has 10 rings (SSSR count). The summed E-state index contributed by atoms with van der Waals surface area (Å²) in [5.74, 6) is 1.92. The van der Waals surface area contributed by atoms with Crippen LogP contribution < -0.4 is 56.2 Å². The Bertz CT molecular complexity index is 3570. The molecule has 15 atom stereocenters. The van der Waals surface area contributed by atoms with Crippen molar-refractivity contribution in [3.05, 3.63) is 160 Å². The van der Waals surface area contributed by atoms with Gasteiger partial charge in [0.05, 0.1) is 44.3 Å². The molecule has 87 heavy (non-hydrogen) atoms.